The Bertz CT molecular complexity index is 2060. The molecule has 43 heavy (non-hydrogen) atoms. The zero-order valence-electron chi connectivity index (χ0n) is 25.7. The highest BCUT2D eigenvalue weighted by atomic mass is 16.5. The molecule has 0 spiro atoms. The van der Waals surface area contributed by atoms with Gasteiger partial charge in [0.1, 0.15) is 5.56 Å². The predicted molar refractivity (Wildman–Crippen MR) is 168 cm³/mol. The second kappa shape index (κ2) is 10.6. The molecule has 0 amide bonds. The zero-order chi connectivity index (χ0) is 30.7. The van der Waals surface area contributed by atoms with Gasteiger partial charge >= 0.3 is 11.6 Å². The number of aromatic hydroxyl groups is 1. The molecule has 0 aliphatic carbocycles. The number of carbonyl (C=O) groups is 1. The minimum Gasteiger partial charge on any atom is -0.480 e. The molecule has 1 unspecified atom stereocenters. The number of ether oxygens (including phenoxy) is 1. The molecular weight excluding hydrogens is 544 g/mol. The van der Waals surface area contributed by atoms with Crippen molar-refractivity contribution in [3.8, 4) is 17.2 Å². The molecule has 0 saturated heterocycles. The normalized spacial score (nSPS) is 15.9. The van der Waals surface area contributed by atoms with Crippen molar-refractivity contribution in [2.24, 2.45) is 5.92 Å². The van der Waals surface area contributed by atoms with Crippen LogP contribution < -0.4 is 21.6 Å². The summed E-state index contributed by atoms with van der Waals surface area (Å²) >= 11 is 0. The second-order valence-electron chi connectivity index (χ2n) is 11.5. The van der Waals surface area contributed by atoms with E-state index in [9.17, 15) is 14.7 Å². The van der Waals surface area contributed by atoms with E-state index in [0.717, 1.165) is 63.0 Å². The van der Waals surface area contributed by atoms with Gasteiger partial charge in [0, 0.05) is 45.8 Å². The summed E-state index contributed by atoms with van der Waals surface area (Å²) in [6.45, 7) is 12.5. The molecule has 8 bridgehead atoms. The van der Waals surface area contributed by atoms with E-state index in [0.29, 0.717) is 28.6 Å². The van der Waals surface area contributed by atoms with E-state index in [1.165, 1.54) is 23.8 Å². The zero-order valence-corrected chi connectivity index (χ0v) is 25.7. The van der Waals surface area contributed by atoms with E-state index in [1.54, 1.807) is 0 Å². The van der Waals surface area contributed by atoms with Crippen LogP contribution in [0.4, 0.5) is 0 Å². The Morgan fingerprint density at radius 3 is 2.40 bits per heavy atom. The molecule has 2 aliphatic heterocycles. The van der Waals surface area contributed by atoms with E-state index in [2.05, 4.69) is 60.1 Å². The highest BCUT2D eigenvalue weighted by Gasteiger charge is 2.28. The molecule has 5 N–H and O–H groups in total. The van der Waals surface area contributed by atoms with Gasteiger partial charge in [0.25, 0.3) is 5.95 Å². The third-order valence-electron chi connectivity index (χ3n) is 9.30. The quantitative estimate of drug-likeness (QED) is 0.218. The highest BCUT2D eigenvalue weighted by molar-refractivity contribution is 5.99. The van der Waals surface area contributed by atoms with Gasteiger partial charge < -0.3 is 34.5 Å². The average Bonchev–Trinajstić information content (AvgIpc) is 3.65. The molecule has 0 saturated carbocycles. The summed E-state index contributed by atoms with van der Waals surface area (Å²) in [4.78, 5) is 35.9. The smallest absolute Gasteiger partial charge is 0.348 e. The maximum Gasteiger partial charge on any atom is 0.348 e. The van der Waals surface area contributed by atoms with Crippen molar-refractivity contribution in [3.63, 3.8) is 0 Å². The largest absolute Gasteiger partial charge is 0.480 e. The molecule has 6 heterocycles. The van der Waals surface area contributed by atoms with Gasteiger partial charge in [-0.2, -0.15) is 0 Å². The first-order valence-electron chi connectivity index (χ1n) is 14.9. The van der Waals surface area contributed by atoms with Crippen LogP contribution >= 0.6 is 0 Å². The Kier molecular flexibility index (Phi) is 6.99. The van der Waals surface area contributed by atoms with E-state index >= 15 is 0 Å². The number of rotatable bonds is 5. The van der Waals surface area contributed by atoms with Crippen molar-refractivity contribution in [3.05, 3.63) is 77.3 Å². The van der Waals surface area contributed by atoms with E-state index < -0.39 is 11.6 Å². The van der Waals surface area contributed by atoms with Crippen LogP contribution in [0.3, 0.4) is 0 Å². The second-order valence-corrected chi connectivity index (χ2v) is 11.5. The molecule has 4 aromatic heterocycles. The lowest BCUT2D eigenvalue weighted by Gasteiger charge is -2.09. The summed E-state index contributed by atoms with van der Waals surface area (Å²) in [5, 5.41) is 17.2. The van der Waals surface area contributed by atoms with Crippen molar-refractivity contribution in [1.82, 2.24) is 20.3 Å². The van der Waals surface area contributed by atoms with Gasteiger partial charge in [-0.1, -0.05) is 20.8 Å². The van der Waals surface area contributed by atoms with Gasteiger partial charge in [0.2, 0.25) is 0 Å². The number of hydrogen-bond acceptors (Lipinski definition) is 6. The van der Waals surface area contributed by atoms with Gasteiger partial charge in [0.15, 0.2) is 0 Å². The first kappa shape index (κ1) is 28.5. The van der Waals surface area contributed by atoms with Gasteiger partial charge in [0.05, 0.1) is 23.7 Å². The molecule has 0 radical (unpaired) electrons. The number of aryl methyl sites for hydroxylation is 1. The average molecular weight is 583 g/mol. The lowest BCUT2D eigenvalue weighted by Crippen LogP contribution is -2.15. The monoisotopic (exact) mass is 582 g/mol. The number of methoxy groups -OCH3 is 1. The van der Waals surface area contributed by atoms with Crippen LogP contribution in [0.5, 0.6) is 5.95 Å². The number of H-pyrrole nitrogens is 3. The minimum atomic E-state index is -0.619. The Hall–Kier alpha value is -4.66. The molecule has 9 nitrogen and oxygen atoms in total. The Balaban J connectivity index is 1.75. The van der Waals surface area contributed by atoms with Crippen LogP contribution in [-0.2, 0) is 22.4 Å². The maximum absolute atomic E-state index is 13.1. The summed E-state index contributed by atoms with van der Waals surface area (Å²) in [5.74, 6) is -0.661. The summed E-state index contributed by atoms with van der Waals surface area (Å²) in [6.07, 6.45) is 8.59. The number of hydrogen-bond donors (Lipinski definition) is 5. The van der Waals surface area contributed by atoms with Crippen molar-refractivity contribution < 1.29 is 19.1 Å². The third kappa shape index (κ3) is 4.45. The van der Waals surface area contributed by atoms with Crippen molar-refractivity contribution in [1.29, 1.82) is 0 Å². The van der Waals surface area contributed by atoms with Crippen LogP contribution in [0, 0.1) is 26.7 Å². The van der Waals surface area contributed by atoms with Gasteiger partial charge in [-0.3, -0.25) is 4.79 Å². The summed E-state index contributed by atoms with van der Waals surface area (Å²) in [7, 11) is 1.37. The van der Waals surface area contributed by atoms with Crippen LogP contribution in [0.25, 0.3) is 40.4 Å². The van der Waals surface area contributed by atoms with Crippen LogP contribution in [-0.4, -0.2) is 33.1 Å². The van der Waals surface area contributed by atoms with Crippen molar-refractivity contribution >= 4 is 35.1 Å². The molecule has 6 rings (SSSR count). The fourth-order valence-corrected chi connectivity index (χ4v) is 6.78. The third-order valence-corrected chi connectivity index (χ3v) is 9.30. The summed E-state index contributed by atoms with van der Waals surface area (Å²) in [5.41, 5.74) is 10.7. The van der Waals surface area contributed by atoms with Gasteiger partial charge in [-0.15, -0.1) is 0 Å². The molecule has 0 fully saturated rings. The van der Waals surface area contributed by atoms with Crippen molar-refractivity contribution in [2.45, 2.75) is 67.2 Å². The Morgan fingerprint density at radius 1 is 0.953 bits per heavy atom. The molecule has 0 aromatic carbocycles. The van der Waals surface area contributed by atoms with E-state index in [-0.39, 0.29) is 18.3 Å². The summed E-state index contributed by atoms with van der Waals surface area (Å²) in [6, 6.07) is 0. The fourth-order valence-electron chi connectivity index (χ4n) is 6.78. The minimum absolute atomic E-state index is 0.158. The molecule has 4 aromatic rings. The van der Waals surface area contributed by atoms with Crippen LogP contribution in [0.2, 0.25) is 0 Å². The SMILES string of the molecule is CCC1=C2C=c3[nH]c(c(CC)c3C)=Cc3[nH]c4c(c(O)oc(=O)c4c3C)-c3[nH]c(c(C)c3CCC(=O)OC)C=C(N2)C1C. The predicted octanol–water partition coefficient (Wildman–Crippen LogP) is 4.61. The maximum atomic E-state index is 13.1. The first-order valence-corrected chi connectivity index (χ1v) is 14.9. The Morgan fingerprint density at radius 2 is 1.70 bits per heavy atom. The lowest BCUT2D eigenvalue weighted by atomic mass is 9.96. The fraction of sp³-hybridized carbons (Fsp3) is 0.353. The molecule has 1 atom stereocenters. The first-order chi connectivity index (χ1) is 20.6. The van der Waals surface area contributed by atoms with Crippen LogP contribution in [0.1, 0.15) is 72.8 Å². The highest BCUT2D eigenvalue weighted by Crippen LogP contribution is 2.41. The van der Waals surface area contributed by atoms with Crippen molar-refractivity contribution in [2.75, 3.05) is 7.11 Å². The lowest BCUT2D eigenvalue weighted by molar-refractivity contribution is -0.140. The molecular formula is C34H38N4O5. The molecule has 2 aliphatic rings. The number of nitrogens with one attached hydrogen (secondary N) is 4. The Labute approximate surface area is 249 Å². The number of aromatic amines is 3. The topological polar surface area (TPSA) is 136 Å². The van der Waals surface area contributed by atoms with E-state index in [1.807, 2.05) is 19.9 Å². The number of aromatic nitrogens is 3. The summed E-state index contributed by atoms with van der Waals surface area (Å²) < 4.78 is 10.4. The molecule has 224 valence electrons. The van der Waals surface area contributed by atoms with E-state index in [4.69, 9.17) is 9.15 Å². The van der Waals surface area contributed by atoms with Crippen LogP contribution in [0.15, 0.2) is 26.2 Å². The van der Waals surface area contributed by atoms with Gasteiger partial charge in [-0.05, 0) is 91.7 Å². The standard InChI is InChI=1S/C34H38N4O5/c1-8-19-15(3)22-12-24-17(5)21(10-11-28(39)42-7)31(37-24)30-32-29(33(40)43-34(30)41)18(6)25(38-32)14-27-20(9-2)16(4)23(36-27)13-26(19)35-22/h12-15,35-38,41H,8-11H2,1-7H3. The number of allylic oxidation sites excluding steroid dienone is 2. The number of carbonyl (C=O) groups excluding carboxylic acids is 1. The number of fused-ring (bicyclic) bond motifs is 8. The molecule has 9 heteroatoms. The number of esters is 1. The van der Waals surface area contributed by atoms with Gasteiger partial charge in [-0.25, -0.2) is 4.79 Å².